The Labute approximate surface area is 157 Å². The third-order valence-corrected chi connectivity index (χ3v) is 6.06. The fourth-order valence-corrected chi connectivity index (χ4v) is 4.27. The van der Waals surface area contributed by atoms with E-state index in [-0.39, 0.29) is 0 Å². The molecule has 1 aliphatic carbocycles. The van der Waals surface area contributed by atoms with E-state index in [0.29, 0.717) is 11.8 Å². The summed E-state index contributed by atoms with van der Waals surface area (Å²) >= 11 is 0. The van der Waals surface area contributed by atoms with Gasteiger partial charge in [-0.05, 0) is 66.0 Å². The van der Waals surface area contributed by atoms with E-state index in [4.69, 9.17) is 0 Å². The third kappa shape index (κ3) is 2.98. The largest absolute Gasteiger partial charge is 0.0648 e. The number of benzene rings is 3. The molecule has 1 aliphatic rings. The summed E-state index contributed by atoms with van der Waals surface area (Å²) in [5, 5.41) is 0. The van der Waals surface area contributed by atoms with E-state index in [1.807, 2.05) is 0 Å². The van der Waals surface area contributed by atoms with Gasteiger partial charge in [0.15, 0.2) is 0 Å². The van der Waals surface area contributed by atoms with Crippen molar-refractivity contribution >= 4 is 0 Å². The molecular weight excluding hydrogens is 312 g/mol. The molecule has 0 nitrogen and oxygen atoms in total. The van der Waals surface area contributed by atoms with Crippen LogP contribution in [0, 0.1) is 13.8 Å². The standard InChI is InChI=1S/C26H28/c1-5-19(4)21-10-8-20(9-11-21)16-26-24-14-17(2)6-12-22(24)23-13-7-18(3)15-25(23)26/h6-15,19,26H,5,16H2,1-4H3. The SMILES string of the molecule is CCC(C)c1ccc(CC2c3cc(C)ccc3-c3ccc(C)cc32)cc1. The lowest BCUT2D eigenvalue weighted by atomic mass is 9.88. The Morgan fingerprint density at radius 2 is 1.31 bits per heavy atom. The zero-order valence-electron chi connectivity index (χ0n) is 16.3. The molecule has 0 aliphatic heterocycles. The number of rotatable bonds is 4. The third-order valence-electron chi connectivity index (χ3n) is 6.06. The maximum atomic E-state index is 2.39. The second-order valence-corrected chi connectivity index (χ2v) is 7.99. The number of hydrogen-bond donors (Lipinski definition) is 0. The minimum Gasteiger partial charge on any atom is -0.0648 e. The van der Waals surface area contributed by atoms with Crippen molar-refractivity contribution in [1.82, 2.24) is 0 Å². The first-order chi connectivity index (χ1) is 12.6. The van der Waals surface area contributed by atoms with Crippen molar-refractivity contribution in [2.45, 2.75) is 52.4 Å². The first-order valence-electron chi connectivity index (χ1n) is 9.87. The Hall–Kier alpha value is -2.34. The molecule has 0 radical (unpaired) electrons. The summed E-state index contributed by atoms with van der Waals surface area (Å²) in [6, 6.07) is 23.2. The zero-order valence-corrected chi connectivity index (χ0v) is 16.3. The highest BCUT2D eigenvalue weighted by Gasteiger charge is 2.28. The van der Waals surface area contributed by atoms with Gasteiger partial charge in [-0.15, -0.1) is 0 Å². The predicted octanol–water partition coefficient (Wildman–Crippen LogP) is 7.17. The Balaban J connectivity index is 1.72. The lowest BCUT2D eigenvalue weighted by Gasteiger charge is -2.16. The first kappa shape index (κ1) is 17.1. The quantitative estimate of drug-likeness (QED) is 0.472. The molecule has 1 atom stereocenters. The highest BCUT2D eigenvalue weighted by Crippen LogP contribution is 2.46. The van der Waals surface area contributed by atoms with E-state index in [1.165, 1.54) is 50.9 Å². The molecule has 0 saturated heterocycles. The monoisotopic (exact) mass is 340 g/mol. The Kier molecular flexibility index (Phi) is 4.44. The molecule has 0 heteroatoms. The smallest absolute Gasteiger partial charge is 0.0142 e. The molecule has 0 fully saturated rings. The van der Waals surface area contributed by atoms with Crippen LogP contribution in [0.1, 0.15) is 65.5 Å². The van der Waals surface area contributed by atoms with E-state index in [2.05, 4.69) is 88.4 Å². The van der Waals surface area contributed by atoms with Gasteiger partial charge < -0.3 is 0 Å². The molecule has 4 rings (SSSR count). The zero-order chi connectivity index (χ0) is 18.3. The molecule has 0 heterocycles. The van der Waals surface area contributed by atoms with Gasteiger partial charge in [0, 0.05) is 5.92 Å². The first-order valence-corrected chi connectivity index (χ1v) is 9.87. The second-order valence-electron chi connectivity index (χ2n) is 7.99. The van der Waals surface area contributed by atoms with Crippen LogP contribution in [0.15, 0.2) is 60.7 Å². The van der Waals surface area contributed by atoms with Crippen molar-refractivity contribution in [1.29, 1.82) is 0 Å². The summed E-state index contributed by atoms with van der Waals surface area (Å²) < 4.78 is 0. The Bertz CT molecular complexity index is 879. The van der Waals surface area contributed by atoms with E-state index in [9.17, 15) is 0 Å². The molecule has 3 aromatic carbocycles. The van der Waals surface area contributed by atoms with Gasteiger partial charge in [-0.2, -0.15) is 0 Å². The van der Waals surface area contributed by atoms with Crippen LogP contribution in [-0.4, -0.2) is 0 Å². The minimum absolute atomic E-state index is 0.467. The van der Waals surface area contributed by atoms with Crippen LogP contribution in [-0.2, 0) is 6.42 Å². The topological polar surface area (TPSA) is 0 Å². The van der Waals surface area contributed by atoms with Gasteiger partial charge in [0.25, 0.3) is 0 Å². The van der Waals surface area contributed by atoms with Crippen LogP contribution in [0.3, 0.4) is 0 Å². The molecule has 0 amide bonds. The highest BCUT2D eigenvalue weighted by atomic mass is 14.3. The van der Waals surface area contributed by atoms with Gasteiger partial charge in [-0.3, -0.25) is 0 Å². The van der Waals surface area contributed by atoms with Crippen LogP contribution in [0.4, 0.5) is 0 Å². The van der Waals surface area contributed by atoms with Gasteiger partial charge in [0.05, 0.1) is 0 Å². The van der Waals surface area contributed by atoms with Crippen molar-refractivity contribution in [3.05, 3.63) is 94.0 Å². The summed E-state index contributed by atoms with van der Waals surface area (Å²) in [6.07, 6.45) is 2.27. The summed E-state index contributed by atoms with van der Waals surface area (Å²) in [6.45, 7) is 8.97. The van der Waals surface area contributed by atoms with E-state index in [1.54, 1.807) is 0 Å². The lowest BCUT2D eigenvalue weighted by Crippen LogP contribution is -2.02. The van der Waals surface area contributed by atoms with Crippen molar-refractivity contribution < 1.29 is 0 Å². The average molecular weight is 341 g/mol. The minimum atomic E-state index is 0.467. The molecule has 1 unspecified atom stereocenters. The lowest BCUT2D eigenvalue weighted by molar-refractivity contribution is 0.732. The summed E-state index contributed by atoms with van der Waals surface area (Å²) in [7, 11) is 0. The number of hydrogen-bond acceptors (Lipinski definition) is 0. The fraction of sp³-hybridized carbons (Fsp3) is 0.308. The molecule has 0 N–H and O–H groups in total. The van der Waals surface area contributed by atoms with E-state index < -0.39 is 0 Å². The van der Waals surface area contributed by atoms with Crippen molar-refractivity contribution in [3.8, 4) is 11.1 Å². The Morgan fingerprint density at radius 3 is 1.81 bits per heavy atom. The van der Waals surface area contributed by atoms with Crippen LogP contribution >= 0.6 is 0 Å². The Morgan fingerprint density at radius 1 is 0.769 bits per heavy atom. The second kappa shape index (κ2) is 6.76. The van der Waals surface area contributed by atoms with Gasteiger partial charge >= 0.3 is 0 Å². The van der Waals surface area contributed by atoms with Crippen LogP contribution in [0.2, 0.25) is 0 Å². The molecule has 0 spiro atoms. The van der Waals surface area contributed by atoms with Crippen molar-refractivity contribution in [2.24, 2.45) is 0 Å². The maximum Gasteiger partial charge on any atom is 0.0142 e. The molecular formula is C26H28. The molecule has 0 aromatic heterocycles. The van der Waals surface area contributed by atoms with E-state index in [0.717, 1.165) is 6.42 Å². The van der Waals surface area contributed by atoms with Crippen LogP contribution in [0.5, 0.6) is 0 Å². The molecule has 132 valence electrons. The van der Waals surface area contributed by atoms with Crippen molar-refractivity contribution in [2.75, 3.05) is 0 Å². The van der Waals surface area contributed by atoms with Crippen LogP contribution in [0.25, 0.3) is 11.1 Å². The molecule has 0 bridgehead atoms. The highest BCUT2D eigenvalue weighted by molar-refractivity contribution is 5.79. The van der Waals surface area contributed by atoms with Crippen LogP contribution < -0.4 is 0 Å². The maximum absolute atomic E-state index is 2.39. The fourth-order valence-electron chi connectivity index (χ4n) is 4.27. The van der Waals surface area contributed by atoms with Gasteiger partial charge in [0.2, 0.25) is 0 Å². The molecule has 3 aromatic rings. The van der Waals surface area contributed by atoms with Gasteiger partial charge in [0.1, 0.15) is 0 Å². The number of aryl methyl sites for hydroxylation is 2. The average Bonchev–Trinajstić information content (AvgIpc) is 2.94. The van der Waals surface area contributed by atoms with E-state index >= 15 is 0 Å². The summed E-state index contributed by atoms with van der Waals surface area (Å²) in [5.74, 6) is 1.11. The molecule has 26 heavy (non-hydrogen) atoms. The molecule has 0 saturated carbocycles. The normalized spacial score (nSPS) is 14.2. The number of fused-ring (bicyclic) bond motifs is 3. The van der Waals surface area contributed by atoms with Gasteiger partial charge in [-0.1, -0.05) is 85.6 Å². The summed E-state index contributed by atoms with van der Waals surface area (Å²) in [4.78, 5) is 0. The summed E-state index contributed by atoms with van der Waals surface area (Å²) in [5.41, 5.74) is 11.4. The predicted molar refractivity (Wildman–Crippen MR) is 112 cm³/mol. The van der Waals surface area contributed by atoms with Crippen molar-refractivity contribution in [3.63, 3.8) is 0 Å². The van der Waals surface area contributed by atoms with Gasteiger partial charge in [-0.25, -0.2) is 0 Å².